The maximum absolute atomic E-state index is 13.3. The van der Waals surface area contributed by atoms with Gasteiger partial charge in [-0.2, -0.15) is 0 Å². The van der Waals surface area contributed by atoms with Crippen molar-refractivity contribution in [1.82, 2.24) is 9.97 Å². The van der Waals surface area contributed by atoms with Gasteiger partial charge in [0.15, 0.2) is 0 Å². The summed E-state index contributed by atoms with van der Waals surface area (Å²) in [5, 5.41) is 6.14. The van der Waals surface area contributed by atoms with E-state index in [0.717, 1.165) is 5.39 Å². The Bertz CT molecular complexity index is 974. The Morgan fingerprint density at radius 1 is 1.31 bits per heavy atom. The van der Waals surface area contributed by atoms with Crippen LogP contribution in [0.4, 0.5) is 16.0 Å². The smallest absolute Gasteiger partial charge is 0.291 e. The molecular weight excluding hydrogens is 427 g/mol. The van der Waals surface area contributed by atoms with E-state index in [1.54, 1.807) is 6.20 Å². The molecule has 0 aliphatic rings. The normalized spacial score (nSPS) is 13.2. The average molecular weight is 440 g/mol. The number of hydrogen-bond acceptors (Lipinski definition) is 5. The number of halogens is 3. The number of para-hydroxylation sites is 1. The lowest BCUT2D eigenvalue weighted by Crippen LogP contribution is -2.46. The van der Waals surface area contributed by atoms with Crippen molar-refractivity contribution < 1.29 is 13.9 Å². The molecule has 1 unspecified atom stereocenters. The Morgan fingerprint density at radius 3 is 2.81 bits per heavy atom. The number of alkyl halides is 1. The fourth-order valence-corrected chi connectivity index (χ4v) is 2.68. The second-order valence-corrected chi connectivity index (χ2v) is 6.78. The Balaban J connectivity index is 1.80. The van der Waals surface area contributed by atoms with E-state index in [4.69, 9.17) is 16.3 Å². The molecular formula is C17H13BrClFN4O2. The fourth-order valence-electron chi connectivity index (χ4n) is 2.17. The molecule has 26 heavy (non-hydrogen) atoms. The first kappa shape index (κ1) is 18.5. The molecule has 3 rings (SSSR count). The largest absolute Gasteiger partial charge is 0.342 e. The van der Waals surface area contributed by atoms with E-state index < -0.39 is 16.4 Å². The number of benzene rings is 2. The van der Waals surface area contributed by atoms with Crippen molar-refractivity contribution in [3.05, 3.63) is 59.5 Å². The van der Waals surface area contributed by atoms with Gasteiger partial charge in [0.1, 0.15) is 5.82 Å². The van der Waals surface area contributed by atoms with Gasteiger partial charge >= 0.3 is 0 Å². The number of ether oxygens (including phenoxy) is 1. The van der Waals surface area contributed by atoms with E-state index in [2.05, 4.69) is 36.5 Å². The van der Waals surface area contributed by atoms with Crippen LogP contribution < -0.4 is 10.6 Å². The molecule has 2 aromatic carbocycles. The molecule has 0 saturated carbocycles. The van der Waals surface area contributed by atoms with Gasteiger partial charge in [0, 0.05) is 24.4 Å². The van der Waals surface area contributed by atoms with Crippen molar-refractivity contribution in [3.63, 3.8) is 0 Å². The van der Waals surface area contributed by atoms with Gasteiger partial charge < -0.3 is 10.1 Å². The number of nitrogens with zero attached hydrogens (tertiary/aromatic N) is 2. The predicted octanol–water partition coefficient (Wildman–Crippen LogP) is 4.17. The van der Waals surface area contributed by atoms with Crippen LogP contribution in [0.25, 0.3) is 10.9 Å². The van der Waals surface area contributed by atoms with Crippen LogP contribution in [0, 0.1) is 5.82 Å². The lowest BCUT2D eigenvalue weighted by atomic mass is 10.2. The maximum Gasteiger partial charge on any atom is 0.291 e. The van der Waals surface area contributed by atoms with Crippen molar-refractivity contribution in [2.45, 2.75) is 4.63 Å². The first-order valence-corrected chi connectivity index (χ1v) is 8.59. The third-order valence-electron chi connectivity index (χ3n) is 3.51. The minimum Gasteiger partial charge on any atom is -0.342 e. The van der Waals surface area contributed by atoms with Crippen molar-refractivity contribution in [1.29, 1.82) is 0 Å². The molecule has 9 heteroatoms. The van der Waals surface area contributed by atoms with Crippen LogP contribution in [0.1, 0.15) is 0 Å². The second kappa shape index (κ2) is 7.53. The molecule has 1 heterocycles. The summed E-state index contributed by atoms with van der Waals surface area (Å²) in [5.41, 5.74) is 1.07. The predicted molar refractivity (Wildman–Crippen MR) is 102 cm³/mol. The minimum absolute atomic E-state index is 0.0841. The van der Waals surface area contributed by atoms with E-state index in [0.29, 0.717) is 11.2 Å². The van der Waals surface area contributed by atoms with Gasteiger partial charge in [0.25, 0.3) is 10.5 Å². The summed E-state index contributed by atoms with van der Waals surface area (Å²) >= 11 is 8.96. The fraction of sp³-hybridized carbons (Fsp3) is 0.118. The van der Waals surface area contributed by atoms with Gasteiger partial charge in [-0.05, 0) is 40.2 Å². The number of amides is 1. The molecule has 1 aromatic heterocycles. The summed E-state index contributed by atoms with van der Waals surface area (Å²) in [4.78, 5) is 21.0. The number of carbonyl (C=O) groups excluding carboxylic acids is 1. The van der Waals surface area contributed by atoms with Crippen LogP contribution in [0.2, 0.25) is 5.02 Å². The molecule has 0 radical (unpaired) electrons. The van der Waals surface area contributed by atoms with Crippen molar-refractivity contribution in [2.24, 2.45) is 0 Å². The van der Waals surface area contributed by atoms with Gasteiger partial charge in [-0.1, -0.05) is 29.8 Å². The van der Waals surface area contributed by atoms with Crippen LogP contribution in [-0.4, -0.2) is 27.6 Å². The lowest BCUT2D eigenvalue weighted by molar-refractivity contribution is -0.126. The number of rotatable bonds is 5. The Kier molecular flexibility index (Phi) is 5.36. The van der Waals surface area contributed by atoms with Gasteiger partial charge in [-0.15, -0.1) is 0 Å². The third kappa shape index (κ3) is 3.92. The number of anilines is 2. The topological polar surface area (TPSA) is 76.1 Å². The molecule has 1 amide bonds. The van der Waals surface area contributed by atoms with Crippen molar-refractivity contribution >= 4 is 56.0 Å². The summed E-state index contributed by atoms with van der Waals surface area (Å²) in [5.74, 6) is -1.05. The first-order valence-electron chi connectivity index (χ1n) is 7.42. The van der Waals surface area contributed by atoms with Gasteiger partial charge in [0.2, 0.25) is 5.95 Å². The zero-order chi connectivity index (χ0) is 18.7. The Labute approximate surface area is 161 Å². The van der Waals surface area contributed by atoms with E-state index >= 15 is 0 Å². The zero-order valence-corrected chi connectivity index (χ0v) is 15.8. The van der Waals surface area contributed by atoms with Gasteiger partial charge in [-0.25, -0.2) is 14.4 Å². The molecule has 0 aliphatic carbocycles. The Hall–Kier alpha value is -2.29. The summed E-state index contributed by atoms with van der Waals surface area (Å²) in [6, 6.07) is 11.3. The van der Waals surface area contributed by atoms with E-state index in [-0.39, 0.29) is 11.0 Å². The van der Waals surface area contributed by atoms with Crippen LogP contribution in [0.5, 0.6) is 0 Å². The third-order valence-corrected chi connectivity index (χ3v) is 4.68. The molecule has 3 aromatic rings. The van der Waals surface area contributed by atoms with E-state index in [9.17, 15) is 9.18 Å². The highest BCUT2D eigenvalue weighted by Crippen LogP contribution is 2.27. The van der Waals surface area contributed by atoms with E-state index in [1.165, 1.54) is 25.3 Å². The molecule has 0 bridgehead atoms. The van der Waals surface area contributed by atoms with Crippen LogP contribution >= 0.6 is 27.5 Å². The molecule has 6 nitrogen and oxygen atoms in total. The highest BCUT2D eigenvalue weighted by Gasteiger charge is 2.36. The van der Waals surface area contributed by atoms with E-state index in [1.807, 2.05) is 24.3 Å². The summed E-state index contributed by atoms with van der Waals surface area (Å²) in [6.45, 7) is 0. The zero-order valence-electron chi connectivity index (χ0n) is 13.5. The summed E-state index contributed by atoms with van der Waals surface area (Å²) in [7, 11) is 1.33. The molecule has 0 spiro atoms. The highest BCUT2D eigenvalue weighted by molar-refractivity contribution is 9.10. The number of carbonyl (C=O) groups is 1. The summed E-state index contributed by atoms with van der Waals surface area (Å²) < 4.78 is 16.9. The molecule has 0 fully saturated rings. The molecule has 2 N–H and O–H groups in total. The van der Waals surface area contributed by atoms with Crippen molar-refractivity contribution in [3.8, 4) is 0 Å². The quantitative estimate of drug-likeness (QED) is 0.354. The number of fused-ring (bicyclic) bond motifs is 1. The van der Waals surface area contributed by atoms with Crippen LogP contribution in [-0.2, 0) is 9.53 Å². The Morgan fingerprint density at radius 2 is 2.08 bits per heavy atom. The monoisotopic (exact) mass is 438 g/mol. The maximum atomic E-state index is 13.3. The number of methoxy groups -OCH3 is 1. The number of aromatic nitrogens is 2. The van der Waals surface area contributed by atoms with Gasteiger partial charge in [-0.3, -0.25) is 10.1 Å². The standard InChI is InChI=1S/C17H13BrClFN4O2/c1-26-17(18,24-11-6-7-13(20)12(19)8-11)15(25)23-16-21-9-10-4-2-3-5-14(10)22-16/h2-9,24H,1H3,(H,21,22,23,25). The highest BCUT2D eigenvalue weighted by atomic mass is 79.9. The van der Waals surface area contributed by atoms with Crippen LogP contribution in [0.15, 0.2) is 48.7 Å². The molecule has 1 atom stereocenters. The number of hydrogen-bond donors (Lipinski definition) is 2. The second-order valence-electron chi connectivity index (χ2n) is 5.26. The molecule has 0 aliphatic heterocycles. The SMILES string of the molecule is COC(Br)(Nc1ccc(F)c(Cl)c1)C(=O)Nc1ncc2ccccc2n1. The lowest BCUT2D eigenvalue weighted by Gasteiger charge is -2.26. The minimum atomic E-state index is -1.64. The van der Waals surface area contributed by atoms with Gasteiger partial charge in [0.05, 0.1) is 10.5 Å². The molecule has 134 valence electrons. The van der Waals surface area contributed by atoms with Crippen LogP contribution in [0.3, 0.4) is 0 Å². The number of nitrogens with one attached hydrogen (secondary N) is 2. The average Bonchev–Trinajstić information content (AvgIpc) is 2.64. The summed E-state index contributed by atoms with van der Waals surface area (Å²) in [6.07, 6.45) is 1.60. The van der Waals surface area contributed by atoms with Crippen molar-refractivity contribution in [2.75, 3.05) is 17.7 Å². The molecule has 0 saturated heterocycles. The first-order chi connectivity index (χ1) is 12.4.